The van der Waals surface area contributed by atoms with Crippen LogP contribution in [0.15, 0.2) is 60.4 Å². The molecule has 0 bridgehead atoms. The van der Waals surface area contributed by atoms with Gasteiger partial charge in [0.2, 0.25) is 0 Å². The van der Waals surface area contributed by atoms with Gasteiger partial charge in [-0.15, -0.1) is 0 Å². The lowest BCUT2D eigenvalue weighted by Gasteiger charge is -2.25. The van der Waals surface area contributed by atoms with Crippen molar-refractivity contribution in [2.45, 2.75) is 39.3 Å². The minimum Gasteiger partial charge on any atom is -0.369 e. The Hall–Kier alpha value is -3.55. The molecule has 1 unspecified atom stereocenters. The Balaban J connectivity index is 1.80. The van der Waals surface area contributed by atoms with Crippen LogP contribution in [0.25, 0.3) is 11.1 Å². The van der Waals surface area contributed by atoms with Crippen LogP contribution in [-0.4, -0.2) is 43.6 Å². The fourth-order valence-electron chi connectivity index (χ4n) is 3.68. The fourth-order valence-corrected chi connectivity index (χ4v) is 3.68. The number of benzene rings is 1. The summed E-state index contributed by atoms with van der Waals surface area (Å²) in [5.74, 6) is -0.0253. The second-order valence-electron chi connectivity index (χ2n) is 9.06. The van der Waals surface area contributed by atoms with E-state index in [0.29, 0.717) is 5.56 Å². The van der Waals surface area contributed by atoms with Gasteiger partial charge in [0.05, 0.1) is 6.20 Å². The number of aliphatic imine (C=N–C) groups is 1. The van der Waals surface area contributed by atoms with Gasteiger partial charge in [0.15, 0.2) is 11.5 Å². The van der Waals surface area contributed by atoms with Crippen LogP contribution in [0.4, 0.5) is 0 Å². The molecule has 160 valence electrons. The van der Waals surface area contributed by atoms with E-state index in [1.165, 1.54) is 11.2 Å². The number of likely N-dealkylation sites (N-methyl/N-ethyl adjacent to an activating group) is 1. The molecule has 1 amide bonds. The van der Waals surface area contributed by atoms with Crippen molar-refractivity contribution in [2.24, 2.45) is 16.1 Å². The van der Waals surface area contributed by atoms with Crippen molar-refractivity contribution < 1.29 is 4.79 Å². The zero-order chi connectivity index (χ0) is 22.2. The van der Waals surface area contributed by atoms with Crippen molar-refractivity contribution in [3.63, 3.8) is 0 Å². The van der Waals surface area contributed by atoms with Gasteiger partial charge in [0.25, 0.3) is 5.91 Å². The quantitative estimate of drug-likeness (QED) is 0.688. The minimum atomic E-state index is -1.27. The summed E-state index contributed by atoms with van der Waals surface area (Å²) in [5.41, 5.74) is 8.18. The van der Waals surface area contributed by atoms with E-state index in [9.17, 15) is 4.79 Å². The number of guanidine groups is 1. The molecule has 0 aliphatic carbocycles. The fraction of sp³-hybridized carbons (Fsp3) is 0.348. The van der Waals surface area contributed by atoms with Crippen LogP contribution in [-0.2, 0) is 16.9 Å². The third-order valence-electron chi connectivity index (χ3n) is 5.56. The van der Waals surface area contributed by atoms with Crippen molar-refractivity contribution in [3.05, 3.63) is 66.5 Å². The number of hydrogen-bond donors (Lipinski definition) is 1. The first-order valence-corrected chi connectivity index (χ1v) is 10.2. The van der Waals surface area contributed by atoms with Crippen molar-refractivity contribution in [1.29, 1.82) is 0 Å². The first-order chi connectivity index (χ1) is 14.7. The van der Waals surface area contributed by atoms with Crippen molar-refractivity contribution in [1.82, 2.24) is 24.6 Å². The number of aryl methyl sites for hydroxylation is 1. The molecule has 0 spiro atoms. The van der Waals surface area contributed by atoms with Crippen LogP contribution in [0, 0.1) is 5.41 Å². The molecule has 0 saturated heterocycles. The van der Waals surface area contributed by atoms with E-state index < -0.39 is 5.54 Å². The summed E-state index contributed by atoms with van der Waals surface area (Å²) in [6, 6.07) is 7.70. The standard InChI is InChI=1S/C23H27N7O/c1-22(2,3)8-9-30-14-19(13-27-30)23(20(31)29(4)21(24)28-23)18-7-5-6-16(10-18)17-11-25-15-26-12-17/h5-7,10-15H,8-9H2,1-4H3,(H2,24,28). The van der Waals surface area contributed by atoms with Gasteiger partial charge in [-0.2, -0.15) is 5.10 Å². The first-order valence-electron chi connectivity index (χ1n) is 10.2. The van der Waals surface area contributed by atoms with E-state index in [-0.39, 0.29) is 17.3 Å². The van der Waals surface area contributed by atoms with Gasteiger partial charge >= 0.3 is 0 Å². The SMILES string of the molecule is CN1C(=O)C(c2cccc(-c3cncnc3)c2)(c2cnn(CCC(C)(C)C)c2)N=C1N. The predicted octanol–water partition coefficient (Wildman–Crippen LogP) is 2.81. The lowest BCUT2D eigenvalue weighted by molar-refractivity contribution is -0.129. The molecular formula is C23H27N7O. The average molecular weight is 418 g/mol. The molecule has 2 N–H and O–H groups in total. The zero-order valence-corrected chi connectivity index (χ0v) is 18.3. The van der Waals surface area contributed by atoms with E-state index in [1.807, 2.05) is 35.1 Å². The van der Waals surface area contributed by atoms with Crippen LogP contribution in [0.2, 0.25) is 0 Å². The first kappa shape index (κ1) is 20.7. The number of carbonyl (C=O) groups is 1. The number of aromatic nitrogens is 4. The second kappa shape index (κ2) is 7.61. The Bertz CT molecular complexity index is 1130. The summed E-state index contributed by atoms with van der Waals surface area (Å²) < 4.78 is 1.87. The Morgan fingerprint density at radius 2 is 1.81 bits per heavy atom. The number of carbonyl (C=O) groups excluding carboxylic acids is 1. The molecule has 3 aromatic rings. The van der Waals surface area contributed by atoms with Crippen molar-refractivity contribution >= 4 is 11.9 Å². The highest BCUT2D eigenvalue weighted by molar-refractivity contribution is 6.08. The van der Waals surface area contributed by atoms with Crippen LogP contribution in [0.5, 0.6) is 0 Å². The maximum atomic E-state index is 13.5. The molecule has 0 radical (unpaired) electrons. The predicted molar refractivity (Wildman–Crippen MR) is 119 cm³/mol. The molecule has 1 aliphatic heterocycles. The summed E-state index contributed by atoms with van der Waals surface area (Å²) in [4.78, 5) is 27.7. The Labute approximate surface area is 181 Å². The molecule has 2 aromatic heterocycles. The Morgan fingerprint density at radius 3 is 2.45 bits per heavy atom. The average Bonchev–Trinajstić information content (AvgIpc) is 3.32. The third kappa shape index (κ3) is 3.81. The molecule has 1 atom stereocenters. The number of nitrogens with two attached hydrogens (primary N) is 1. The molecular weight excluding hydrogens is 390 g/mol. The minimum absolute atomic E-state index is 0.181. The summed E-state index contributed by atoms with van der Waals surface area (Å²) in [6.07, 6.45) is 9.55. The lowest BCUT2D eigenvalue weighted by atomic mass is 9.83. The molecule has 0 fully saturated rings. The van der Waals surface area contributed by atoms with Crippen molar-refractivity contribution in [3.8, 4) is 11.1 Å². The summed E-state index contributed by atoms with van der Waals surface area (Å²) >= 11 is 0. The largest absolute Gasteiger partial charge is 0.369 e. The number of nitrogens with zero attached hydrogens (tertiary/aromatic N) is 6. The van der Waals surface area contributed by atoms with Crippen LogP contribution in [0.3, 0.4) is 0 Å². The Kier molecular flexibility index (Phi) is 5.08. The molecule has 0 saturated carbocycles. The molecule has 3 heterocycles. The lowest BCUT2D eigenvalue weighted by Crippen LogP contribution is -2.41. The topological polar surface area (TPSA) is 102 Å². The number of hydrogen-bond acceptors (Lipinski definition) is 6. The van der Waals surface area contributed by atoms with Gasteiger partial charge in [-0.3, -0.25) is 14.4 Å². The maximum absolute atomic E-state index is 13.5. The summed E-state index contributed by atoms with van der Waals surface area (Å²) in [5, 5.41) is 4.52. The monoisotopic (exact) mass is 417 g/mol. The molecule has 4 rings (SSSR count). The highest BCUT2D eigenvalue weighted by atomic mass is 16.2. The smallest absolute Gasteiger partial charge is 0.266 e. The second-order valence-corrected chi connectivity index (χ2v) is 9.06. The van der Waals surface area contributed by atoms with E-state index in [1.54, 1.807) is 25.6 Å². The Morgan fingerprint density at radius 1 is 1.06 bits per heavy atom. The molecule has 1 aliphatic rings. The number of rotatable bonds is 5. The van der Waals surface area contributed by atoms with Crippen LogP contribution in [0.1, 0.15) is 38.3 Å². The van der Waals surface area contributed by atoms with Gasteiger partial charge < -0.3 is 5.73 Å². The van der Waals surface area contributed by atoms with E-state index >= 15 is 0 Å². The van der Waals surface area contributed by atoms with Gasteiger partial charge in [-0.25, -0.2) is 15.0 Å². The molecule has 31 heavy (non-hydrogen) atoms. The van der Waals surface area contributed by atoms with Gasteiger partial charge in [-0.1, -0.05) is 39.0 Å². The summed E-state index contributed by atoms with van der Waals surface area (Å²) in [6.45, 7) is 7.33. The normalized spacial score (nSPS) is 19.0. The van der Waals surface area contributed by atoms with Crippen molar-refractivity contribution in [2.75, 3.05) is 7.05 Å². The van der Waals surface area contributed by atoms with Gasteiger partial charge in [-0.05, 0) is 29.0 Å². The van der Waals surface area contributed by atoms with Crippen LogP contribution >= 0.6 is 0 Å². The number of amides is 1. The van der Waals surface area contributed by atoms with Crippen LogP contribution < -0.4 is 5.73 Å². The zero-order valence-electron chi connectivity index (χ0n) is 18.3. The van der Waals surface area contributed by atoms with E-state index in [0.717, 1.165) is 29.7 Å². The highest BCUT2D eigenvalue weighted by Gasteiger charge is 2.50. The molecule has 1 aromatic carbocycles. The van der Waals surface area contributed by atoms with E-state index in [4.69, 9.17) is 5.73 Å². The van der Waals surface area contributed by atoms with Gasteiger partial charge in [0, 0.05) is 43.3 Å². The summed E-state index contributed by atoms with van der Waals surface area (Å²) in [7, 11) is 1.64. The van der Waals surface area contributed by atoms with Gasteiger partial charge in [0.1, 0.15) is 6.33 Å². The molecule has 8 heteroatoms. The molecule has 8 nitrogen and oxygen atoms in total. The maximum Gasteiger partial charge on any atom is 0.266 e. The third-order valence-corrected chi connectivity index (χ3v) is 5.56. The van der Waals surface area contributed by atoms with E-state index in [2.05, 4.69) is 40.8 Å². The highest BCUT2D eigenvalue weighted by Crippen LogP contribution is 2.40.